The highest BCUT2D eigenvalue weighted by Gasteiger charge is 2.19. The summed E-state index contributed by atoms with van der Waals surface area (Å²) in [6, 6.07) is 13.7. The Bertz CT molecular complexity index is 1830. The quantitative estimate of drug-likeness (QED) is 0.405. The van der Waals surface area contributed by atoms with Crippen LogP contribution >= 0.6 is 23.2 Å². The molecular weight excluding hydrogens is 465 g/mol. The number of aromatic hydroxyl groups is 1. The number of nitrogens with zero attached hydrogens (tertiary/aromatic N) is 4. The van der Waals surface area contributed by atoms with Crippen molar-refractivity contribution in [1.82, 2.24) is 19.2 Å². The SMILES string of the molecule is Cc1c(C#N)c2nc3ccccc3n2c(=O)/c1=C\c1c(O)n(-c2ccc(Cl)c(Cl)c2)[nH]c1=O. The fraction of sp³-hybridized carbons (Fsp3) is 0.0435. The number of nitrogens with one attached hydrogen (secondary N) is 1. The van der Waals surface area contributed by atoms with Crippen LogP contribution in [0.4, 0.5) is 0 Å². The Morgan fingerprint density at radius 3 is 2.64 bits per heavy atom. The molecule has 0 aliphatic carbocycles. The Labute approximate surface area is 195 Å². The molecule has 5 aromatic rings. The number of benzene rings is 2. The van der Waals surface area contributed by atoms with Gasteiger partial charge in [0, 0.05) is 5.22 Å². The minimum absolute atomic E-state index is 0.0925. The molecule has 2 N–H and O–H groups in total. The zero-order valence-corrected chi connectivity index (χ0v) is 18.4. The topological polar surface area (TPSA) is 116 Å². The second-order valence-corrected chi connectivity index (χ2v) is 8.16. The van der Waals surface area contributed by atoms with Crippen molar-refractivity contribution in [2.45, 2.75) is 6.92 Å². The molecule has 0 unspecified atom stereocenters. The molecule has 0 atom stereocenters. The molecule has 10 heteroatoms. The highest BCUT2D eigenvalue weighted by Crippen LogP contribution is 2.27. The van der Waals surface area contributed by atoms with Crippen LogP contribution in [0.25, 0.3) is 28.4 Å². The molecule has 0 saturated carbocycles. The monoisotopic (exact) mass is 477 g/mol. The lowest BCUT2D eigenvalue weighted by Gasteiger charge is -2.06. The minimum atomic E-state index is -0.633. The molecule has 0 radical (unpaired) electrons. The van der Waals surface area contributed by atoms with Crippen LogP contribution in [-0.4, -0.2) is 24.3 Å². The number of aromatic amines is 1. The molecule has 8 nitrogen and oxygen atoms in total. The van der Waals surface area contributed by atoms with Crippen LogP contribution in [0.15, 0.2) is 52.1 Å². The van der Waals surface area contributed by atoms with E-state index in [9.17, 15) is 20.0 Å². The van der Waals surface area contributed by atoms with Gasteiger partial charge in [-0.15, -0.1) is 0 Å². The van der Waals surface area contributed by atoms with Gasteiger partial charge in [0.15, 0.2) is 5.65 Å². The summed E-state index contributed by atoms with van der Waals surface area (Å²) < 4.78 is 2.47. The Morgan fingerprint density at radius 1 is 1.15 bits per heavy atom. The van der Waals surface area contributed by atoms with E-state index >= 15 is 0 Å². The van der Waals surface area contributed by atoms with Gasteiger partial charge >= 0.3 is 0 Å². The van der Waals surface area contributed by atoms with Gasteiger partial charge in [0.1, 0.15) is 11.6 Å². The number of aromatic nitrogens is 4. The first-order chi connectivity index (χ1) is 15.8. The first-order valence-electron chi connectivity index (χ1n) is 9.67. The van der Waals surface area contributed by atoms with Crippen molar-refractivity contribution in [3.8, 4) is 17.6 Å². The van der Waals surface area contributed by atoms with Crippen molar-refractivity contribution >= 4 is 46.0 Å². The number of hydrogen-bond donors (Lipinski definition) is 2. The molecular formula is C23H13Cl2N5O3. The number of H-pyrrole nitrogens is 1. The third-order valence-electron chi connectivity index (χ3n) is 5.47. The number of fused-ring (bicyclic) bond motifs is 3. The second kappa shape index (κ2) is 7.52. The lowest BCUT2D eigenvalue weighted by atomic mass is 10.1. The molecule has 162 valence electrons. The number of rotatable bonds is 2. The normalized spacial score (nSPS) is 12.0. The van der Waals surface area contributed by atoms with Crippen LogP contribution in [0.2, 0.25) is 10.0 Å². The average molecular weight is 478 g/mol. The van der Waals surface area contributed by atoms with Crippen LogP contribution in [-0.2, 0) is 0 Å². The van der Waals surface area contributed by atoms with Crippen LogP contribution in [0.1, 0.15) is 16.7 Å². The average Bonchev–Trinajstić information content (AvgIpc) is 3.31. The molecule has 3 heterocycles. The smallest absolute Gasteiger partial charge is 0.275 e. The van der Waals surface area contributed by atoms with Gasteiger partial charge in [0.25, 0.3) is 11.1 Å². The van der Waals surface area contributed by atoms with E-state index in [1.54, 1.807) is 37.3 Å². The molecule has 3 aromatic heterocycles. The third kappa shape index (κ3) is 3.09. The van der Waals surface area contributed by atoms with Crippen molar-refractivity contribution in [2.75, 3.05) is 0 Å². The summed E-state index contributed by atoms with van der Waals surface area (Å²) in [5, 5.41) is 23.7. The Kier molecular flexibility index (Phi) is 4.74. The van der Waals surface area contributed by atoms with Gasteiger partial charge in [-0.05, 0) is 48.9 Å². The lowest BCUT2D eigenvalue weighted by Crippen LogP contribution is -2.34. The van der Waals surface area contributed by atoms with Crippen LogP contribution in [0.5, 0.6) is 5.88 Å². The highest BCUT2D eigenvalue weighted by molar-refractivity contribution is 6.42. The van der Waals surface area contributed by atoms with Gasteiger partial charge in [0.2, 0.25) is 5.88 Å². The van der Waals surface area contributed by atoms with Crippen molar-refractivity contribution < 1.29 is 5.11 Å². The summed E-state index contributed by atoms with van der Waals surface area (Å²) in [5.74, 6) is -0.425. The van der Waals surface area contributed by atoms with Crippen molar-refractivity contribution in [3.05, 3.63) is 95.1 Å². The van der Waals surface area contributed by atoms with Gasteiger partial charge in [-0.1, -0.05) is 35.3 Å². The summed E-state index contributed by atoms with van der Waals surface area (Å²) >= 11 is 12.0. The van der Waals surface area contributed by atoms with Gasteiger partial charge in [-0.3, -0.25) is 19.1 Å². The predicted octanol–water partition coefficient (Wildman–Crippen LogP) is 3.07. The number of imidazole rings is 1. The van der Waals surface area contributed by atoms with E-state index in [0.717, 1.165) is 4.68 Å². The lowest BCUT2D eigenvalue weighted by molar-refractivity contribution is 0.432. The number of pyridine rings is 1. The number of halogens is 2. The molecule has 33 heavy (non-hydrogen) atoms. The standard InChI is InChI=1S/C23H13Cl2N5O3/c1-11-13(22(32)29-19-5-3-2-4-18(19)27-20(29)15(11)10-26)9-14-21(31)28-30(23(14)33)12-6-7-16(24)17(25)8-12/h2-9,33H,1H3,(H,28,31)/b13-9-. The Hall–Kier alpha value is -4.06. The minimum Gasteiger partial charge on any atom is -0.493 e. The molecule has 5 rings (SSSR count). The molecule has 0 saturated heterocycles. The zero-order chi connectivity index (χ0) is 23.4. The molecule has 0 amide bonds. The first kappa shape index (κ1) is 20.8. The molecule has 0 bridgehead atoms. The molecule has 0 fully saturated rings. The first-order valence-corrected chi connectivity index (χ1v) is 10.4. The number of para-hydroxylation sites is 2. The van der Waals surface area contributed by atoms with E-state index in [4.69, 9.17) is 23.2 Å². The summed E-state index contributed by atoms with van der Waals surface area (Å²) in [6.45, 7) is 1.60. The summed E-state index contributed by atoms with van der Waals surface area (Å²) in [4.78, 5) is 30.5. The molecule has 0 spiro atoms. The summed E-state index contributed by atoms with van der Waals surface area (Å²) in [5.41, 5.74) is 1.03. The number of hydrogen-bond acceptors (Lipinski definition) is 5. The molecule has 0 aliphatic heterocycles. The maximum atomic E-state index is 13.4. The van der Waals surface area contributed by atoms with Crippen LogP contribution in [0, 0.1) is 18.3 Å². The zero-order valence-electron chi connectivity index (χ0n) is 16.9. The molecule has 2 aromatic carbocycles. The van der Waals surface area contributed by atoms with E-state index < -0.39 is 17.0 Å². The Morgan fingerprint density at radius 2 is 1.91 bits per heavy atom. The van der Waals surface area contributed by atoms with E-state index in [-0.39, 0.29) is 27.0 Å². The van der Waals surface area contributed by atoms with Crippen molar-refractivity contribution in [2.24, 2.45) is 0 Å². The van der Waals surface area contributed by atoms with Gasteiger partial charge in [-0.25, -0.2) is 9.67 Å². The maximum absolute atomic E-state index is 13.4. The van der Waals surface area contributed by atoms with Crippen molar-refractivity contribution in [3.63, 3.8) is 0 Å². The van der Waals surface area contributed by atoms with E-state index in [0.29, 0.717) is 27.3 Å². The second-order valence-electron chi connectivity index (χ2n) is 7.35. The van der Waals surface area contributed by atoms with Gasteiger partial charge in [0.05, 0.1) is 32.3 Å². The number of nitriles is 1. The molecule has 0 aliphatic rings. The largest absolute Gasteiger partial charge is 0.493 e. The Balaban J connectivity index is 1.84. The van der Waals surface area contributed by atoms with Crippen LogP contribution < -0.4 is 16.3 Å². The summed E-state index contributed by atoms with van der Waals surface area (Å²) in [7, 11) is 0. The third-order valence-corrected chi connectivity index (χ3v) is 6.21. The predicted molar refractivity (Wildman–Crippen MR) is 125 cm³/mol. The van der Waals surface area contributed by atoms with E-state index in [1.807, 2.05) is 0 Å². The van der Waals surface area contributed by atoms with Gasteiger partial charge < -0.3 is 5.11 Å². The van der Waals surface area contributed by atoms with Crippen molar-refractivity contribution in [1.29, 1.82) is 5.26 Å². The van der Waals surface area contributed by atoms with E-state index in [2.05, 4.69) is 16.2 Å². The van der Waals surface area contributed by atoms with Gasteiger partial charge in [-0.2, -0.15) is 5.26 Å². The highest BCUT2D eigenvalue weighted by atomic mass is 35.5. The summed E-state index contributed by atoms with van der Waals surface area (Å²) in [6.07, 6.45) is 1.27. The van der Waals surface area contributed by atoms with E-state index in [1.165, 1.54) is 22.6 Å². The fourth-order valence-corrected chi connectivity index (χ4v) is 4.10. The maximum Gasteiger partial charge on any atom is 0.275 e. The fourth-order valence-electron chi connectivity index (χ4n) is 3.81. The van der Waals surface area contributed by atoms with Crippen LogP contribution in [0.3, 0.4) is 0 Å².